The molecule has 1 saturated heterocycles. The molecule has 92 valence electrons. The lowest BCUT2D eigenvalue weighted by Gasteiger charge is -2.32. The summed E-state index contributed by atoms with van der Waals surface area (Å²) < 4.78 is 10.0. The van der Waals surface area contributed by atoms with E-state index in [0.717, 1.165) is 17.9 Å². The lowest BCUT2D eigenvalue weighted by Crippen LogP contribution is -2.46. The van der Waals surface area contributed by atoms with Crippen LogP contribution in [0.4, 0.5) is 5.82 Å². The Hall–Kier alpha value is -1.62. The number of anilines is 1. The molecule has 1 aliphatic rings. The molecule has 0 spiro atoms. The van der Waals surface area contributed by atoms with Crippen molar-refractivity contribution < 1.29 is 14.3 Å². The number of ether oxygens (including phenoxy) is 2. The van der Waals surface area contributed by atoms with Crippen molar-refractivity contribution in [3.05, 3.63) is 23.9 Å². The van der Waals surface area contributed by atoms with E-state index in [-0.39, 0.29) is 5.97 Å². The molecule has 1 aromatic rings. The maximum Gasteiger partial charge on any atom is 0.336 e. The Morgan fingerprint density at radius 2 is 2.41 bits per heavy atom. The van der Waals surface area contributed by atoms with E-state index in [4.69, 9.17) is 4.74 Å². The summed E-state index contributed by atoms with van der Waals surface area (Å²) in [6.45, 7) is 3.73. The molecular formula is C12H16N2O3. The first-order valence-electron chi connectivity index (χ1n) is 5.58. The molecule has 0 N–H and O–H groups in total. The zero-order chi connectivity index (χ0) is 12.3. The molecule has 0 aliphatic carbocycles. The number of aryl methyl sites for hydroxylation is 1. The lowest BCUT2D eigenvalue weighted by molar-refractivity contribution is -0.154. The smallest absolute Gasteiger partial charge is 0.336 e. The molecule has 0 amide bonds. The van der Waals surface area contributed by atoms with Gasteiger partial charge in [0, 0.05) is 12.7 Å². The molecule has 1 aromatic heterocycles. The van der Waals surface area contributed by atoms with Crippen molar-refractivity contribution in [2.75, 3.05) is 31.7 Å². The van der Waals surface area contributed by atoms with E-state index in [1.54, 1.807) is 0 Å². The summed E-state index contributed by atoms with van der Waals surface area (Å²) in [4.78, 5) is 17.8. The summed E-state index contributed by atoms with van der Waals surface area (Å²) >= 11 is 0. The summed E-state index contributed by atoms with van der Waals surface area (Å²) in [6.07, 6.45) is 1.30. The molecule has 17 heavy (non-hydrogen) atoms. The van der Waals surface area contributed by atoms with Crippen LogP contribution in [0.2, 0.25) is 0 Å². The predicted molar refractivity (Wildman–Crippen MR) is 62.9 cm³/mol. The first-order chi connectivity index (χ1) is 8.20. The molecule has 0 bridgehead atoms. The van der Waals surface area contributed by atoms with Gasteiger partial charge in [0.25, 0.3) is 0 Å². The van der Waals surface area contributed by atoms with E-state index in [2.05, 4.69) is 9.72 Å². The highest BCUT2D eigenvalue weighted by Crippen LogP contribution is 2.15. The zero-order valence-corrected chi connectivity index (χ0v) is 10.0. The van der Waals surface area contributed by atoms with Gasteiger partial charge >= 0.3 is 5.97 Å². The second-order valence-corrected chi connectivity index (χ2v) is 4.02. The van der Waals surface area contributed by atoms with Gasteiger partial charge in [0.05, 0.1) is 20.3 Å². The van der Waals surface area contributed by atoms with E-state index in [9.17, 15) is 4.79 Å². The third kappa shape index (κ3) is 2.74. The van der Waals surface area contributed by atoms with Gasteiger partial charge in [0.2, 0.25) is 0 Å². The normalized spacial score (nSPS) is 20.1. The van der Waals surface area contributed by atoms with Crippen LogP contribution in [-0.2, 0) is 14.3 Å². The van der Waals surface area contributed by atoms with Crippen LogP contribution in [0.25, 0.3) is 0 Å². The van der Waals surface area contributed by atoms with Crippen molar-refractivity contribution in [3.8, 4) is 0 Å². The van der Waals surface area contributed by atoms with Crippen molar-refractivity contribution in [1.29, 1.82) is 0 Å². The third-order valence-corrected chi connectivity index (χ3v) is 2.75. The van der Waals surface area contributed by atoms with Gasteiger partial charge in [-0.15, -0.1) is 0 Å². The molecular weight excluding hydrogens is 220 g/mol. The van der Waals surface area contributed by atoms with E-state index >= 15 is 0 Å². The minimum atomic E-state index is -0.517. The number of carbonyl (C=O) groups is 1. The summed E-state index contributed by atoms with van der Waals surface area (Å²) in [6, 6.07) is 3.96. The quantitative estimate of drug-likeness (QED) is 0.710. The van der Waals surface area contributed by atoms with Crippen molar-refractivity contribution in [3.63, 3.8) is 0 Å². The Labute approximate surface area is 100 Å². The Bertz CT molecular complexity index is 391. The van der Waals surface area contributed by atoms with Gasteiger partial charge in [0.1, 0.15) is 5.82 Å². The van der Waals surface area contributed by atoms with Crippen LogP contribution >= 0.6 is 0 Å². The summed E-state index contributed by atoms with van der Waals surface area (Å²) in [5.41, 5.74) is 1.12. The first-order valence-corrected chi connectivity index (χ1v) is 5.58. The zero-order valence-electron chi connectivity index (χ0n) is 10.0. The van der Waals surface area contributed by atoms with Crippen molar-refractivity contribution in [2.45, 2.75) is 13.0 Å². The average molecular weight is 236 g/mol. The molecule has 2 heterocycles. The Morgan fingerprint density at radius 3 is 3.06 bits per heavy atom. The SMILES string of the molecule is COC(=O)C1CN(c2ccc(C)cn2)CCO1. The van der Waals surface area contributed by atoms with Gasteiger partial charge in [-0.1, -0.05) is 6.07 Å². The number of esters is 1. The van der Waals surface area contributed by atoms with Crippen molar-refractivity contribution >= 4 is 11.8 Å². The fraction of sp³-hybridized carbons (Fsp3) is 0.500. The number of nitrogens with zero attached hydrogens (tertiary/aromatic N) is 2. The molecule has 5 heteroatoms. The number of hydrogen-bond acceptors (Lipinski definition) is 5. The number of hydrogen-bond donors (Lipinski definition) is 0. The molecule has 0 saturated carbocycles. The Balaban J connectivity index is 2.06. The fourth-order valence-electron chi connectivity index (χ4n) is 1.78. The summed E-state index contributed by atoms with van der Waals surface area (Å²) in [7, 11) is 1.37. The van der Waals surface area contributed by atoms with Gasteiger partial charge in [-0.3, -0.25) is 0 Å². The van der Waals surface area contributed by atoms with E-state index in [1.165, 1.54) is 7.11 Å². The van der Waals surface area contributed by atoms with Crippen LogP contribution in [0.3, 0.4) is 0 Å². The first kappa shape index (κ1) is 11.9. The average Bonchev–Trinajstić information content (AvgIpc) is 2.39. The van der Waals surface area contributed by atoms with Crippen LogP contribution in [0.5, 0.6) is 0 Å². The number of rotatable bonds is 2. The second-order valence-electron chi connectivity index (χ2n) is 4.02. The van der Waals surface area contributed by atoms with Gasteiger partial charge in [-0.2, -0.15) is 0 Å². The molecule has 0 aromatic carbocycles. The number of methoxy groups -OCH3 is 1. The minimum absolute atomic E-state index is 0.332. The standard InChI is InChI=1S/C12H16N2O3/c1-9-3-4-11(13-7-9)14-5-6-17-10(8-14)12(15)16-2/h3-4,7,10H,5-6,8H2,1-2H3. The topological polar surface area (TPSA) is 51.7 Å². The number of carbonyl (C=O) groups excluding carboxylic acids is 1. The fourth-order valence-corrected chi connectivity index (χ4v) is 1.78. The maximum absolute atomic E-state index is 11.4. The van der Waals surface area contributed by atoms with Crippen LogP contribution in [0.15, 0.2) is 18.3 Å². The largest absolute Gasteiger partial charge is 0.467 e. The molecule has 1 fully saturated rings. The summed E-state index contributed by atoms with van der Waals surface area (Å²) in [5, 5.41) is 0. The minimum Gasteiger partial charge on any atom is -0.467 e. The monoisotopic (exact) mass is 236 g/mol. The number of pyridine rings is 1. The Morgan fingerprint density at radius 1 is 1.59 bits per heavy atom. The van der Waals surface area contributed by atoms with Crippen molar-refractivity contribution in [2.24, 2.45) is 0 Å². The van der Waals surface area contributed by atoms with E-state index in [1.807, 2.05) is 30.2 Å². The molecule has 1 unspecified atom stereocenters. The highest BCUT2D eigenvalue weighted by molar-refractivity contribution is 5.75. The van der Waals surface area contributed by atoms with E-state index in [0.29, 0.717) is 13.2 Å². The molecule has 0 radical (unpaired) electrons. The molecule has 1 atom stereocenters. The highest BCUT2D eigenvalue weighted by atomic mass is 16.6. The van der Waals surface area contributed by atoms with Gasteiger partial charge in [-0.05, 0) is 18.6 Å². The van der Waals surface area contributed by atoms with Crippen LogP contribution in [0.1, 0.15) is 5.56 Å². The van der Waals surface area contributed by atoms with Gasteiger partial charge in [0.15, 0.2) is 6.10 Å². The van der Waals surface area contributed by atoms with Gasteiger partial charge in [-0.25, -0.2) is 9.78 Å². The van der Waals surface area contributed by atoms with Crippen LogP contribution in [0, 0.1) is 6.92 Å². The molecule has 1 aliphatic heterocycles. The maximum atomic E-state index is 11.4. The lowest BCUT2D eigenvalue weighted by atomic mass is 10.2. The predicted octanol–water partition coefficient (Wildman–Crippen LogP) is 0.768. The number of morpholine rings is 1. The second kappa shape index (κ2) is 5.14. The van der Waals surface area contributed by atoms with Crippen LogP contribution in [-0.4, -0.2) is 43.9 Å². The Kier molecular flexibility index (Phi) is 3.58. The third-order valence-electron chi connectivity index (χ3n) is 2.75. The van der Waals surface area contributed by atoms with Crippen molar-refractivity contribution in [1.82, 2.24) is 4.98 Å². The molecule has 5 nitrogen and oxygen atoms in total. The number of aromatic nitrogens is 1. The van der Waals surface area contributed by atoms with E-state index < -0.39 is 6.10 Å². The summed E-state index contributed by atoms with van der Waals surface area (Å²) in [5.74, 6) is 0.537. The van der Waals surface area contributed by atoms with Gasteiger partial charge < -0.3 is 14.4 Å². The highest BCUT2D eigenvalue weighted by Gasteiger charge is 2.27. The molecule has 2 rings (SSSR count). The van der Waals surface area contributed by atoms with Crippen LogP contribution < -0.4 is 4.90 Å².